The molecular formula is C17H24N4. The normalized spacial score (nSPS) is 17.6. The van der Waals surface area contributed by atoms with Gasteiger partial charge in [0.15, 0.2) is 0 Å². The third-order valence-electron chi connectivity index (χ3n) is 4.40. The van der Waals surface area contributed by atoms with Crippen molar-refractivity contribution in [2.75, 3.05) is 6.54 Å². The van der Waals surface area contributed by atoms with Crippen molar-refractivity contribution in [3.8, 4) is 5.69 Å². The molecule has 0 aliphatic heterocycles. The Hall–Kier alpha value is -1.68. The number of rotatable bonds is 7. The van der Waals surface area contributed by atoms with Gasteiger partial charge in [0, 0.05) is 0 Å². The van der Waals surface area contributed by atoms with Gasteiger partial charge in [-0.15, -0.1) is 5.10 Å². The van der Waals surface area contributed by atoms with Crippen LogP contribution < -0.4 is 5.32 Å². The number of hydrogen-bond donors (Lipinski definition) is 1. The Morgan fingerprint density at radius 3 is 2.71 bits per heavy atom. The van der Waals surface area contributed by atoms with Crippen LogP contribution in [0.5, 0.6) is 0 Å². The predicted octanol–water partition coefficient (Wildman–Crippen LogP) is 3.35. The van der Waals surface area contributed by atoms with Crippen molar-refractivity contribution < 1.29 is 0 Å². The summed E-state index contributed by atoms with van der Waals surface area (Å²) >= 11 is 0. The van der Waals surface area contributed by atoms with E-state index in [0.29, 0.717) is 12.0 Å². The molecule has 2 atom stereocenters. The molecule has 0 radical (unpaired) electrons. The molecule has 1 aliphatic carbocycles. The van der Waals surface area contributed by atoms with Gasteiger partial charge >= 0.3 is 0 Å². The molecule has 1 aromatic carbocycles. The van der Waals surface area contributed by atoms with Crippen LogP contribution in [-0.2, 0) is 0 Å². The van der Waals surface area contributed by atoms with Crippen molar-refractivity contribution in [2.45, 2.75) is 39.2 Å². The van der Waals surface area contributed by atoms with Crippen molar-refractivity contribution in [2.24, 2.45) is 11.8 Å². The highest BCUT2D eigenvalue weighted by Crippen LogP contribution is 2.42. The number of hydrogen-bond acceptors (Lipinski definition) is 3. The molecule has 4 nitrogen and oxygen atoms in total. The number of nitrogens with one attached hydrogen (secondary N) is 1. The summed E-state index contributed by atoms with van der Waals surface area (Å²) in [5.41, 5.74) is 2.25. The van der Waals surface area contributed by atoms with Gasteiger partial charge < -0.3 is 5.32 Å². The Kier molecular flexibility index (Phi) is 4.34. The quantitative estimate of drug-likeness (QED) is 0.848. The molecule has 21 heavy (non-hydrogen) atoms. The smallest absolute Gasteiger partial charge is 0.0818 e. The maximum atomic E-state index is 4.30. The maximum Gasteiger partial charge on any atom is 0.0818 e. The molecule has 0 bridgehead atoms. The Morgan fingerprint density at radius 2 is 2.05 bits per heavy atom. The molecule has 1 heterocycles. The lowest BCUT2D eigenvalue weighted by Gasteiger charge is -2.25. The average Bonchev–Trinajstić information content (AvgIpc) is 3.27. The lowest BCUT2D eigenvalue weighted by Crippen LogP contribution is -2.30. The summed E-state index contributed by atoms with van der Waals surface area (Å²) in [6.07, 6.45) is 5.77. The second-order valence-corrected chi connectivity index (χ2v) is 6.03. The number of aromatic nitrogens is 3. The first-order chi connectivity index (χ1) is 10.3. The molecule has 1 fully saturated rings. The van der Waals surface area contributed by atoms with Crippen molar-refractivity contribution in [3.63, 3.8) is 0 Å². The van der Waals surface area contributed by atoms with Gasteiger partial charge in [0.1, 0.15) is 0 Å². The van der Waals surface area contributed by atoms with E-state index in [1.54, 1.807) is 0 Å². The molecule has 0 saturated heterocycles. The fourth-order valence-corrected chi connectivity index (χ4v) is 2.98. The van der Waals surface area contributed by atoms with Crippen LogP contribution in [-0.4, -0.2) is 21.5 Å². The fraction of sp³-hybridized carbons (Fsp3) is 0.529. The van der Waals surface area contributed by atoms with E-state index in [4.69, 9.17) is 0 Å². The second kappa shape index (κ2) is 6.39. The number of benzene rings is 1. The number of para-hydroxylation sites is 1. The monoisotopic (exact) mass is 284 g/mol. The first-order valence-electron chi connectivity index (χ1n) is 8.00. The van der Waals surface area contributed by atoms with Crippen molar-refractivity contribution in [1.29, 1.82) is 0 Å². The molecule has 4 heteroatoms. The summed E-state index contributed by atoms with van der Waals surface area (Å²) in [4.78, 5) is 0. The van der Waals surface area contributed by atoms with Gasteiger partial charge in [0.25, 0.3) is 0 Å². The van der Waals surface area contributed by atoms with Gasteiger partial charge in [-0.1, -0.05) is 37.3 Å². The van der Waals surface area contributed by atoms with Gasteiger partial charge in [-0.25, -0.2) is 4.68 Å². The Labute approximate surface area is 126 Å². The number of nitrogens with zero attached hydrogens (tertiary/aromatic N) is 3. The summed E-state index contributed by atoms with van der Waals surface area (Å²) in [7, 11) is 0. The molecule has 2 unspecified atom stereocenters. The minimum Gasteiger partial charge on any atom is -0.308 e. The summed E-state index contributed by atoms with van der Waals surface area (Å²) < 4.78 is 1.98. The van der Waals surface area contributed by atoms with Crippen LogP contribution in [0.3, 0.4) is 0 Å². The highest BCUT2D eigenvalue weighted by Gasteiger charge is 2.35. The minimum absolute atomic E-state index is 0.327. The second-order valence-electron chi connectivity index (χ2n) is 6.03. The van der Waals surface area contributed by atoms with E-state index in [-0.39, 0.29) is 0 Å². The highest BCUT2D eigenvalue weighted by molar-refractivity contribution is 5.32. The minimum atomic E-state index is 0.327. The van der Waals surface area contributed by atoms with Gasteiger partial charge in [0.05, 0.1) is 23.6 Å². The van der Waals surface area contributed by atoms with E-state index in [2.05, 4.69) is 41.6 Å². The van der Waals surface area contributed by atoms with E-state index >= 15 is 0 Å². The first-order valence-corrected chi connectivity index (χ1v) is 8.00. The van der Waals surface area contributed by atoms with Crippen LogP contribution in [0.15, 0.2) is 36.5 Å². The predicted molar refractivity (Wildman–Crippen MR) is 84.3 cm³/mol. The van der Waals surface area contributed by atoms with E-state index < -0.39 is 0 Å². The molecule has 112 valence electrons. The van der Waals surface area contributed by atoms with Gasteiger partial charge in [-0.2, -0.15) is 0 Å². The summed E-state index contributed by atoms with van der Waals surface area (Å²) in [6.45, 7) is 5.59. The van der Waals surface area contributed by atoms with Crippen molar-refractivity contribution in [3.05, 3.63) is 42.2 Å². The first kappa shape index (κ1) is 14.3. The lowest BCUT2D eigenvalue weighted by atomic mass is 9.94. The van der Waals surface area contributed by atoms with E-state index in [9.17, 15) is 0 Å². The molecule has 3 rings (SSSR count). The topological polar surface area (TPSA) is 42.7 Å². The third-order valence-corrected chi connectivity index (χ3v) is 4.40. The van der Waals surface area contributed by atoms with Crippen LogP contribution >= 0.6 is 0 Å². The maximum absolute atomic E-state index is 4.30. The van der Waals surface area contributed by atoms with E-state index in [0.717, 1.165) is 24.6 Å². The highest BCUT2D eigenvalue weighted by atomic mass is 15.4. The molecule has 1 aliphatic rings. The van der Waals surface area contributed by atoms with Gasteiger partial charge in [0.2, 0.25) is 0 Å². The Balaban J connectivity index is 1.90. The summed E-state index contributed by atoms with van der Waals surface area (Å²) in [5.74, 6) is 1.47. The molecule has 1 N–H and O–H groups in total. The molecule has 1 saturated carbocycles. The summed E-state index contributed by atoms with van der Waals surface area (Å²) in [5, 5.41) is 12.2. The molecule has 0 amide bonds. The zero-order chi connectivity index (χ0) is 14.7. The zero-order valence-electron chi connectivity index (χ0n) is 12.9. The Morgan fingerprint density at radius 1 is 1.29 bits per heavy atom. The van der Waals surface area contributed by atoms with Gasteiger partial charge in [-0.05, 0) is 49.8 Å². The molecule has 1 aromatic heterocycles. The lowest BCUT2D eigenvalue weighted by molar-refractivity contribution is 0.338. The van der Waals surface area contributed by atoms with E-state index in [1.807, 2.05) is 29.1 Å². The fourth-order valence-electron chi connectivity index (χ4n) is 2.98. The Bertz CT molecular complexity index is 559. The largest absolute Gasteiger partial charge is 0.308 e. The molecule has 2 aromatic rings. The zero-order valence-corrected chi connectivity index (χ0v) is 12.9. The molecular weight excluding hydrogens is 260 g/mol. The third kappa shape index (κ3) is 3.16. The van der Waals surface area contributed by atoms with Crippen LogP contribution in [0.25, 0.3) is 5.69 Å². The average molecular weight is 284 g/mol. The SMILES string of the molecule is CCCNC(c1cnnn1-c1ccccc1)C(C)C1CC1. The van der Waals surface area contributed by atoms with Crippen LogP contribution in [0.1, 0.15) is 44.8 Å². The van der Waals surface area contributed by atoms with Crippen LogP contribution in [0, 0.1) is 11.8 Å². The molecule has 0 spiro atoms. The van der Waals surface area contributed by atoms with Crippen LogP contribution in [0.2, 0.25) is 0 Å². The van der Waals surface area contributed by atoms with Crippen LogP contribution in [0.4, 0.5) is 0 Å². The summed E-state index contributed by atoms with van der Waals surface area (Å²) in [6, 6.07) is 10.6. The van der Waals surface area contributed by atoms with E-state index in [1.165, 1.54) is 18.5 Å². The standard InChI is InChI=1S/C17H24N4/c1-3-11-18-17(13(2)14-9-10-14)16-12-19-20-21(16)15-7-5-4-6-8-15/h4-8,12-14,17-18H,3,9-11H2,1-2H3. The van der Waals surface area contributed by atoms with Crippen molar-refractivity contribution >= 4 is 0 Å². The van der Waals surface area contributed by atoms with Crippen molar-refractivity contribution in [1.82, 2.24) is 20.3 Å². The van der Waals surface area contributed by atoms with Gasteiger partial charge in [-0.3, -0.25) is 0 Å².